The number of nitrogens with two attached hydrogens (primary N) is 1. The normalized spacial score (nSPS) is 10.4. The summed E-state index contributed by atoms with van der Waals surface area (Å²) in [5.74, 6) is 5.43. The van der Waals surface area contributed by atoms with Gasteiger partial charge in [-0.25, -0.2) is 5.84 Å². The number of hydrazine groups is 1. The molecule has 0 atom stereocenters. The molecule has 5 nitrogen and oxygen atoms in total. The monoisotopic (exact) mass is 283 g/mol. The van der Waals surface area contributed by atoms with E-state index in [4.69, 9.17) is 10.6 Å². The van der Waals surface area contributed by atoms with Crippen molar-refractivity contribution in [1.29, 1.82) is 0 Å². The summed E-state index contributed by atoms with van der Waals surface area (Å²) >= 11 is 3.36. The molecule has 1 aromatic carbocycles. The number of hydrogen-bond acceptors (Lipinski definition) is 3. The minimum absolute atomic E-state index is 0.341. The molecule has 1 heterocycles. The molecule has 84 valence electrons. The average molecular weight is 284 g/mol. The van der Waals surface area contributed by atoms with E-state index in [-0.39, 0.29) is 5.91 Å². The summed E-state index contributed by atoms with van der Waals surface area (Å²) in [5, 5.41) is 0.758. The third-order valence-corrected chi connectivity index (χ3v) is 2.77. The lowest BCUT2D eigenvalue weighted by Gasteiger charge is -2.03. The highest BCUT2D eigenvalue weighted by Gasteiger charge is 2.14. The van der Waals surface area contributed by atoms with Gasteiger partial charge < -0.3 is 9.72 Å². The lowest BCUT2D eigenvalue weighted by Crippen LogP contribution is -2.29. The molecule has 4 N–H and O–H groups in total. The van der Waals surface area contributed by atoms with Gasteiger partial charge >= 0.3 is 0 Å². The predicted octanol–water partition coefficient (Wildman–Crippen LogP) is 1.54. The highest BCUT2D eigenvalue weighted by Crippen LogP contribution is 2.31. The highest BCUT2D eigenvalue weighted by atomic mass is 79.9. The van der Waals surface area contributed by atoms with E-state index < -0.39 is 0 Å². The summed E-state index contributed by atoms with van der Waals surface area (Å²) < 4.78 is 6.05. The minimum atomic E-state index is -0.341. The average Bonchev–Trinajstić information content (AvgIpc) is 2.70. The molecule has 0 spiro atoms. The molecule has 0 aliphatic rings. The Morgan fingerprint density at radius 1 is 1.56 bits per heavy atom. The van der Waals surface area contributed by atoms with Crippen LogP contribution in [0.4, 0.5) is 0 Å². The Balaban J connectivity index is 2.72. The molecule has 0 saturated heterocycles. The van der Waals surface area contributed by atoms with Crippen molar-refractivity contribution < 1.29 is 9.53 Å². The van der Waals surface area contributed by atoms with Gasteiger partial charge in [0.05, 0.1) is 18.2 Å². The number of aromatic nitrogens is 1. The molecular formula is C10H10BrN3O2. The summed E-state index contributed by atoms with van der Waals surface area (Å²) in [4.78, 5) is 14.5. The first-order valence-corrected chi connectivity index (χ1v) is 5.32. The van der Waals surface area contributed by atoms with Crippen molar-refractivity contribution in [2.45, 2.75) is 0 Å². The molecule has 0 aliphatic carbocycles. The molecule has 2 aromatic rings. The van der Waals surface area contributed by atoms with Crippen molar-refractivity contribution in [3.63, 3.8) is 0 Å². The van der Waals surface area contributed by atoms with Crippen molar-refractivity contribution in [1.82, 2.24) is 10.4 Å². The van der Waals surface area contributed by atoms with Crippen LogP contribution >= 0.6 is 15.9 Å². The number of fused-ring (bicyclic) bond motifs is 1. The Labute approximate surface area is 100 Å². The predicted molar refractivity (Wildman–Crippen MR) is 64.2 cm³/mol. The summed E-state index contributed by atoms with van der Waals surface area (Å²) in [5.41, 5.74) is 3.35. The number of nitrogen functional groups attached to an aromatic ring is 1. The molecule has 0 aliphatic heterocycles. The van der Waals surface area contributed by atoms with Crippen molar-refractivity contribution >= 4 is 32.7 Å². The molecule has 0 unspecified atom stereocenters. The lowest BCUT2D eigenvalue weighted by molar-refractivity contribution is 0.0955. The second-order valence-corrected chi connectivity index (χ2v) is 4.12. The second-order valence-electron chi connectivity index (χ2n) is 3.21. The number of rotatable bonds is 2. The number of nitrogens with one attached hydrogen (secondary N) is 2. The quantitative estimate of drug-likeness (QED) is 0.444. The van der Waals surface area contributed by atoms with Crippen LogP contribution < -0.4 is 16.0 Å². The summed E-state index contributed by atoms with van der Waals surface area (Å²) in [6.45, 7) is 0. The van der Waals surface area contributed by atoms with E-state index in [1.807, 2.05) is 12.1 Å². The van der Waals surface area contributed by atoms with Gasteiger partial charge in [0, 0.05) is 16.1 Å². The highest BCUT2D eigenvalue weighted by molar-refractivity contribution is 9.10. The molecule has 0 fully saturated rings. The van der Waals surface area contributed by atoms with E-state index in [0.717, 1.165) is 15.4 Å². The number of amides is 1. The van der Waals surface area contributed by atoms with E-state index in [1.165, 1.54) is 0 Å². The topological polar surface area (TPSA) is 80.1 Å². The molecule has 0 bridgehead atoms. The third-order valence-electron chi connectivity index (χ3n) is 2.31. The number of benzene rings is 1. The Bertz CT molecular complexity index is 550. The van der Waals surface area contributed by atoms with E-state index in [1.54, 1.807) is 13.3 Å². The number of carbonyl (C=O) groups excluding carboxylic acids is 1. The molecule has 0 saturated carbocycles. The standard InChI is InChI=1S/C10H10BrN3O2/c1-16-8-3-5(11)2-6-7(10(15)14-12)4-13-9(6)8/h2-4,13H,12H2,1H3,(H,14,15). The number of methoxy groups -OCH3 is 1. The van der Waals surface area contributed by atoms with E-state index in [2.05, 4.69) is 26.3 Å². The zero-order chi connectivity index (χ0) is 11.7. The van der Waals surface area contributed by atoms with Crippen LogP contribution in [-0.2, 0) is 0 Å². The number of halogens is 1. The van der Waals surface area contributed by atoms with Crippen LogP contribution in [0.3, 0.4) is 0 Å². The number of hydrogen-bond donors (Lipinski definition) is 3. The molecule has 16 heavy (non-hydrogen) atoms. The molecule has 6 heteroatoms. The first-order chi connectivity index (χ1) is 7.67. The first-order valence-electron chi connectivity index (χ1n) is 4.53. The SMILES string of the molecule is COc1cc(Br)cc2c(C(=O)NN)c[nH]c12. The van der Waals surface area contributed by atoms with Crippen LogP contribution in [0.25, 0.3) is 10.9 Å². The second kappa shape index (κ2) is 4.15. The van der Waals surface area contributed by atoms with E-state index >= 15 is 0 Å². The van der Waals surface area contributed by atoms with Gasteiger partial charge in [-0.1, -0.05) is 15.9 Å². The van der Waals surface area contributed by atoms with Crippen molar-refractivity contribution in [2.75, 3.05) is 7.11 Å². The Kier molecular flexibility index (Phi) is 2.84. The van der Waals surface area contributed by atoms with Crippen LogP contribution in [0.15, 0.2) is 22.8 Å². The third kappa shape index (κ3) is 1.66. The van der Waals surface area contributed by atoms with Gasteiger partial charge in [0.15, 0.2) is 0 Å². The van der Waals surface area contributed by atoms with Crippen LogP contribution in [0.5, 0.6) is 5.75 Å². The van der Waals surface area contributed by atoms with Gasteiger partial charge in [-0.05, 0) is 12.1 Å². The van der Waals surface area contributed by atoms with E-state index in [0.29, 0.717) is 11.3 Å². The molecule has 2 rings (SSSR count). The van der Waals surface area contributed by atoms with Gasteiger partial charge in [-0.3, -0.25) is 10.2 Å². The molecule has 1 aromatic heterocycles. The van der Waals surface area contributed by atoms with Crippen LogP contribution in [0.1, 0.15) is 10.4 Å². The fraction of sp³-hybridized carbons (Fsp3) is 0.100. The van der Waals surface area contributed by atoms with Crippen molar-refractivity contribution in [3.05, 3.63) is 28.4 Å². The summed E-state index contributed by atoms with van der Waals surface area (Å²) in [6, 6.07) is 3.65. The Hall–Kier alpha value is -1.53. The number of H-pyrrole nitrogens is 1. The zero-order valence-corrected chi connectivity index (χ0v) is 10.1. The van der Waals surface area contributed by atoms with Crippen molar-refractivity contribution in [2.24, 2.45) is 5.84 Å². The van der Waals surface area contributed by atoms with Gasteiger partial charge in [0.2, 0.25) is 0 Å². The van der Waals surface area contributed by atoms with E-state index in [9.17, 15) is 4.79 Å². The van der Waals surface area contributed by atoms with Gasteiger partial charge in [-0.2, -0.15) is 0 Å². The smallest absolute Gasteiger partial charge is 0.267 e. The van der Waals surface area contributed by atoms with Crippen LogP contribution in [0, 0.1) is 0 Å². The molecular weight excluding hydrogens is 274 g/mol. The van der Waals surface area contributed by atoms with Gasteiger partial charge in [0.25, 0.3) is 5.91 Å². The van der Waals surface area contributed by atoms with Crippen LogP contribution in [0.2, 0.25) is 0 Å². The maximum Gasteiger partial charge on any atom is 0.267 e. The molecule has 1 amide bonds. The Morgan fingerprint density at radius 2 is 2.31 bits per heavy atom. The Morgan fingerprint density at radius 3 is 2.94 bits per heavy atom. The van der Waals surface area contributed by atoms with Crippen LogP contribution in [-0.4, -0.2) is 18.0 Å². The fourth-order valence-corrected chi connectivity index (χ4v) is 2.03. The largest absolute Gasteiger partial charge is 0.495 e. The zero-order valence-electron chi connectivity index (χ0n) is 8.50. The maximum atomic E-state index is 11.5. The first kappa shape index (κ1) is 11.0. The minimum Gasteiger partial charge on any atom is -0.495 e. The lowest BCUT2D eigenvalue weighted by atomic mass is 10.1. The van der Waals surface area contributed by atoms with Gasteiger partial charge in [0.1, 0.15) is 5.75 Å². The number of carbonyl (C=O) groups is 1. The summed E-state index contributed by atoms with van der Waals surface area (Å²) in [6.07, 6.45) is 1.60. The maximum absolute atomic E-state index is 11.5. The summed E-state index contributed by atoms with van der Waals surface area (Å²) in [7, 11) is 1.57. The fourth-order valence-electron chi connectivity index (χ4n) is 1.59. The van der Waals surface area contributed by atoms with Gasteiger partial charge in [-0.15, -0.1) is 0 Å². The van der Waals surface area contributed by atoms with Crippen molar-refractivity contribution in [3.8, 4) is 5.75 Å². The molecule has 0 radical (unpaired) electrons. The number of aromatic amines is 1. The number of ether oxygens (including phenoxy) is 1.